The van der Waals surface area contributed by atoms with Crippen LogP contribution in [0.3, 0.4) is 0 Å². The smallest absolute Gasteiger partial charge is 0.249 e. The van der Waals surface area contributed by atoms with Crippen LogP contribution in [0, 0.1) is 5.92 Å². The molecule has 4 aromatic rings. The maximum absolute atomic E-state index is 13.8. The van der Waals surface area contributed by atoms with Gasteiger partial charge in [-0.05, 0) is 42.7 Å². The monoisotopic (exact) mass is 456 g/mol. The molecule has 34 heavy (non-hydrogen) atoms. The van der Waals surface area contributed by atoms with E-state index in [1.54, 1.807) is 23.1 Å². The molecule has 4 rings (SSSR count). The van der Waals surface area contributed by atoms with E-state index in [1.807, 2.05) is 60.7 Å². The molecule has 0 saturated carbocycles. The summed E-state index contributed by atoms with van der Waals surface area (Å²) in [6.07, 6.45) is 4.12. The lowest BCUT2D eigenvalue weighted by Gasteiger charge is -2.31. The number of para-hydroxylation sites is 2. The number of nitrogens with one attached hydrogen (secondary N) is 1. The first-order valence-electron chi connectivity index (χ1n) is 11.4. The van der Waals surface area contributed by atoms with E-state index in [9.17, 15) is 9.59 Å². The zero-order chi connectivity index (χ0) is 23.9. The summed E-state index contributed by atoms with van der Waals surface area (Å²) in [7, 11) is 0. The molecule has 0 aliphatic rings. The summed E-state index contributed by atoms with van der Waals surface area (Å²) in [6.45, 7) is 4.67. The molecule has 2 aromatic carbocycles. The van der Waals surface area contributed by atoms with Crippen molar-refractivity contribution in [1.29, 1.82) is 0 Å². The maximum Gasteiger partial charge on any atom is 0.249 e. The van der Waals surface area contributed by atoms with E-state index >= 15 is 0 Å². The van der Waals surface area contributed by atoms with Gasteiger partial charge in [0.25, 0.3) is 0 Å². The summed E-state index contributed by atoms with van der Waals surface area (Å²) in [6, 6.07) is 19.4. The summed E-state index contributed by atoms with van der Waals surface area (Å²) in [5.41, 5.74) is 2.70. The minimum absolute atomic E-state index is 0.0640. The van der Waals surface area contributed by atoms with Crippen LogP contribution in [0.4, 0.5) is 5.69 Å². The second kappa shape index (κ2) is 10.7. The van der Waals surface area contributed by atoms with Crippen LogP contribution in [0.25, 0.3) is 11.0 Å². The number of rotatable bonds is 9. The first kappa shape index (κ1) is 23.1. The lowest BCUT2D eigenvalue weighted by atomic mass is 10.0. The SMILES string of the molecule is CC(C)CCNC(=O)[C@@H](c1cccnc1)N(C(=O)Cn1nnc2ccccc21)c1ccccc1. The van der Waals surface area contributed by atoms with Gasteiger partial charge in [-0.25, -0.2) is 4.68 Å². The molecular weight excluding hydrogens is 428 g/mol. The number of hydrogen-bond donors (Lipinski definition) is 1. The van der Waals surface area contributed by atoms with Gasteiger partial charge in [-0.3, -0.25) is 19.5 Å². The number of pyridine rings is 1. The van der Waals surface area contributed by atoms with Crippen molar-refractivity contribution in [2.45, 2.75) is 32.9 Å². The maximum atomic E-state index is 13.8. The average Bonchev–Trinajstić information content (AvgIpc) is 3.26. The Morgan fingerprint density at radius 2 is 1.76 bits per heavy atom. The summed E-state index contributed by atoms with van der Waals surface area (Å²) in [5.74, 6) is -0.0892. The van der Waals surface area contributed by atoms with Crippen molar-refractivity contribution in [1.82, 2.24) is 25.3 Å². The lowest BCUT2D eigenvalue weighted by molar-refractivity contribution is -0.127. The first-order chi connectivity index (χ1) is 16.5. The number of fused-ring (bicyclic) bond motifs is 1. The van der Waals surface area contributed by atoms with Crippen LogP contribution in [-0.2, 0) is 16.1 Å². The highest BCUT2D eigenvalue weighted by molar-refractivity contribution is 6.01. The molecule has 1 atom stereocenters. The number of nitrogens with zero attached hydrogens (tertiary/aromatic N) is 5. The quantitative estimate of drug-likeness (QED) is 0.414. The van der Waals surface area contributed by atoms with Gasteiger partial charge in [-0.15, -0.1) is 5.10 Å². The van der Waals surface area contributed by atoms with E-state index in [-0.39, 0.29) is 18.4 Å². The van der Waals surface area contributed by atoms with Crippen molar-refractivity contribution in [2.24, 2.45) is 5.92 Å². The van der Waals surface area contributed by atoms with Gasteiger partial charge < -0.3 is 5.32 Å². The molecule has 0 unspecified atom stereocenters. The molecule has 0 aliphatic carbocycles. The number of benzene rings is 2. The predicted molar refractivity (Wildman–Crippen MR) is 131 cm³/mol. The molecule has 0 fully saturated rings. The zero-order valence-corrected chi connectivity index (χ0v) is 19.3. The molecule has 0 spiro atoms. The van der Waals surface area contributed by atoms with Crippen LogP contribution in [0.5, 0.6) is 0 Å². The highest BCUT2D eigenvalue weighted by Gasteiger charge is 2.33. The number of carbonyl (C=O) groups excluding carboxylic acids is 2. The molecule has 2 amide bonds. The van der Waals surface area contributed by atoms with Crippen LogP contribution in [-0.4, -0.2) is 38.3 Å². The third-order valence-electron chi connectivity index (χ3n) is 5.54. The number of anilines is 1. The van der Waals surface area contributed by atoms with Gasteiger partial charge >= 0.3 is 0 Å². The minimum atomic E-state index is -0.884. The third-order valence-corrected chi connectivity index (χ3v) is 5.54. The van der Waals surface area contributed by atoms with Crippen molar-refractivity contribution in [3.63, 3.8) is 0 Å². The van der Waals surface area contributed by atoms with E-state index in [4.69, 9.17) is 0 Å². The highest BCUT2D eigenvalue weighted by Crippen LogP contribution is 2.28. The number of hydrogen-bond acceptors (Lipinski definition) is 5. The zero-order valence-electron chi connectivity index (χ0n) is 19.3. The van der Waals surface area contributed by atoms with Gasteiger partial charge in [0.05, 0.1) is 5.52 Å². The minimum Gasteiger partial charge on any atom is -0.354 e. The highest BCUT2D eigenvalue weighted by atomic mass is 16.2. The van der Waals surface area contributed by atoms with E-state index in [2.05, 4.69) is 34.5 Å². The van der Waals surface area contributed by atoms with Gasteiger partial charge in [0, 0.05) is 30.2 Å². The molecular formula is C26H28N6O2. The van der Waals surface area contributed by atoms with Crippen LogP contribution in [0.2, 0.25) is 0 Å². The molecule has 174 valence electrons. The molecule has 2 heterocycles. The number of aromatic nitrogens is 4. The lowest BCUT2D eigenvalue weighted by Crippen LogP contribution is -2.45. The van der Waals surface area contributed by atoms with E-state index in [0.717, 1.165) is 11.9 Å². The molecule has 2 aromatic heterocycles. The van der Waals surface area contributed by atoms with Crippen LogP contribution < -0.4 is 10.2 Å². The van der Waals surface area contributed by atoms with E-state index < -0.39 is 6.04 Å². The second-order valence-corrected chi connectivity index (χ2v) is 8.50. The molecule has 8 heteroatoms. The van der Waals surface area contributed by atoms with Gasteiger partial charge in [-0.1, -0.05) is 55.5 Å². The van der Waals surface area contributed by atoms with Crippen LogP contribution in [0.1, 0.15) is 31.9 Å². The van der Waals surface area contributed by atoms with Crippen LogP contribution in [0.15, 0.2) is 79.1 Å². The second-order valence-electron chi connectivity index (χ2n) is 8.50. The molecule has 1 N–H and O–H groups in total. The molecule has 8 nitrogen and oxygen atoms in total. The Morgan fingerprint density at radius 3 is 2.50 bits per heavy atom. The molecule has 0 saturated heterocycles. The van der Waals surface area contributed by atoms with Gasteiger partial charge in [0.1, 0.15) is 18.1 Å². The van der Waals surface area contributed by atoms with Crippen LogP contribution >= 0.6 is 0 Å². The van der Waals surface area contributed by atoms with E-state index in [0.29, 0.717) is 29.2 Å². The van der Waals surface area contributed by atoms with Crippen molar-refractivity contribution in [2.75, 3.05) is 11.4 Å². The molecule has 0 aliphatic heterocycles. The van der Waals surface area contributed by atoms with Gasteiger partial charge in [-0.2, -0.15) is 0 Å². The largest absolute Gasteiger partial charge is 0.354 e. The summed E-state index contributed by atoms with van der Waals surface area (Å²) >= 11 is 0. The topological polar surface area (TPSA) is 93.0 Å². The first-order valence-corrected chi connectivity index (χ1v) is 11.4. The Labute approximate surface area is 198 Å². The van der Waals surface area contributed by atoms with Crippen molar-refractivity contribution >= 4 is 28.5 Å². The predicted octanol–water partition coefficient (Wildman–Crippen LogP) is 3.76. The van der Waals surface area contributed by atoms with Crippen molar-refractivity contribution in [3.8, 4) is 0 Å². The Morgan fingerprint density at radius 1 is 1.00 bits per heavy atom. The Kier molecular flexibility index (Phi) is 7.27. The van der Waals surface area contributed by atoms with Gasteiger partial charge in [0.2, 0.25) is 11.8 Å². The fourth-order valence-corrected chi connectivity index (χ4v) is 3.80. The summed E-state index contributed by atoms with van der Waals surface area (Å²) in [4.78, 5) is 33.0. The Balaban J connectivity index is 1.72. The Bertz CT molecular complexity index is 1240. The number of carbonyl (C=O) groups is 2. The van der Waals surface area contributed by atoms with Gasteiger partial charge in [0.15, 0.2) is 0 Å². The standard InChI is InChI=1S/C26H28N6O2/c1-19(2)14-16-28-26(34)25(20-9-8-15-27-17-20)32(21-10-4-3-5-11-21)24(33)18-31-23-13-7-6-12-22(23)29-30-31/h3-13,15,17,19,25H,14,16,18H2,1-2H3,(H,28,34)/t25-/m1/s1. The third kappa shape index (κ3) is 5.28. The molecule has 0 bridgehead atoms. The van der Waals surface area contributed by atoms with Crippen molar-refractivity contribution < 1.29 is 9.59 Å². The fraction of sp³-hybridized carbons (Fsp3) is 0.269. The Hall–Kier alpha value is -4.07. The fourth-order valence-electron chi connectivity index (χ4n) is 3.80. The average molecular weight is 457 g/mol. The van der Waals surface area contributed by atoms with Crippen molar-refractivity contribution in [3.05, 3.63) is 84.7 Å². The molecule has 0 radical (unpaired) electrons. The number of amides is 2. The van der Waals surface area contributed by atoms with E-state index in [1.165, 1.54) is 4.90 Å². The normalized spacial score (nSPS) is 12.0. The summed E-state index contributed by atoms with van der Waals surface area (Å²) in [5, 5.41) is 11.3. The summed E-state index contributed by atoms with van der Waals surface area (Å²) < 4.78 is 1.56.